The van der Waals surface area contributed by atoms with Crippen LogP contribution < -0.4 is 10.1 Å². The summed E-state index contributed by atoms with van der Waals surface area (Å²) in [6.07, 6.45) is 3.71. The molecule has 118 valence electrons. The molecular weight excluding hydrogens is 320 g/mol. The number of hydrogen-bond donors (Lipinski definition) is 1. The molecular formula is C15H19ClN4OS. The summed E-state index contributed by atoms with van der Waals surface area (Å²) in [6, 6.07) is 5.67. The van der Waals surface area contributed by atoms with E-state index >= 15 is 0 Å². The SMILES string of the molecule is CSc1ccc(NCc2cnc(OCC(C)C)c(Cl)c2)nn1. The number of rotatable bonds is 7. The molecule has 0 aliphatic heterocycles. The molecule has 7 heteroatoms. The van der Waals surface area contributed by atoms with Crippen LogP contribution in [0.1, 0.15) is 19.4 Å². The molecule has 0 aromatic carbocycles. The van der Waals surface area contributed by atoms with E-state index in [1.165, 1.54) is 0 Å². The molecule has 0 aliphatic carbocycles. The monoisotopic (exact) mass is 338 g/mol. The number of nitrogens with one attached hydrogen (secondary N) is 1. The maximum Gasteiger partial charge on any atom is 0.232 e. The highest BCUT2D eigenvalue weighted by molar-refractivity contribution is 7.98. The summed E-state index contributed by atoms with van der Waals surface area (Å²) in [6.45, 7) is 5.33. The molecule has 22 heavy (non-hydrogen) atoms. The van der Waals surface area contributed by atoms with Crippen molar-refractivity contribution in [1.29, 1.82) is 0 Å². The van der Waals surface area contributed by atoms with Gasteiger partial charge in [0.15, 0.2) is 0 Å². The first kappa shape index (κ1) is 16.8. The number of aromatic nitrogens is 3. The Hall–Kier alpha value is -1.53. The van der Waals surface area contributed by atoms with Gasteiger partial charge in [-0.1, -0.05) is 25.4 Å². The van der Waals surface area contributed by atoms with Gasteiger partial charge in [0, 0.05) is 12.7 Å². The van der Waals surface area contributed by atoms with Gasteiger partial charge < -0.3 is 10.1 Å². The smallest absolute Gasteiger partial charge is 0.232 e. The Balaban J connectivity index is 1.93. The summed E-state index contributed by atoms with van der Waals surface area (Å²) in [5, 5.41) is 12.8. The predicted octanol–water partition coefficient (Wildman–Crippen LogP) is 3.89. The molecule has 2 heterocycles. The lowest BCUT2D eigenvalue weighted by molar-refractivity contribution is 0.261. The summed E-state index contributed by atoms with van der Waals surface area (Å²) in [5.74, 6) is 1.62. The minimum absolute atomic E-state index is 0.432. The van der Waals surface area contributed by atoms with E-state index in [9.17, 15) is 0 Å². The van der Waals surface area contributed by atoms with Crippen LogP contribution in [0.15, 0.2) is 29.4 Å². The molecule has 0 unspecified atom stereocenters. The van der Waals surface area contributed by atoms with E-state index in [4.69, 9.17) is 16.3 Å². The third kappa shape index (κ3) is 5.03. The van der Waals surface area contributed by atoms with Crippen LogP contribution in [0.3, 0.4) is 0 Å². The molecule has 2 rings (SSSR count). The minimum Gasteiger partial charge on any atom is -0.476 e. The number of halogens is 1. The average Bonchev–Trinajstić information content (AvgIpc) is 2.52. The van der Waals surface area contributed by atoms with Gasteiger partial charge in [-0.05, 0) is 35.9 Å². The van der Waals surface area contributed by atoms with E-state index in [2.05, 4.69) is 34.3 Å². The quantitative estimate of drug-likeness (QED) is 0.773. The van der Waals surface area contributed by atoms with Crippen LogP contribution >= 0.6 is 23.4 Å². The van der Waals surface area contributed by atoms with Crippen LogP contribution in [0.2, 0.25) is 5.02 Å². The van der Waals surface area contributed by atoms with Gasteiger partial charge in [-0.15, -0.1) is 22.0 Å². The molecule has 0 spiro atoms. The first-order chi connectivity index (χ1) is 10.6. The Kier molecular flexibility index (Phi) is 6.27. The van der Waals surface area contributed by atoms with Crippen LogP contribution in [0.5, 0.6) is 5.88 Å². The van der Waals surface area contributed by atoms with Crippen LogP contribution in [-0.4, -0.2) is 28.0 Å². The lowest BCUT2D eigenvalue weighted by Gasteiger charge is -2.10. The zero-order valence-corrected chi connectivity index (χ0v) is 14.4. The first-order valence-electron chi connectivity index (χ1n) is 6.97. The van der Waals surface area contributed by atoms with Gasteiger partial charge in [0.25, 0.3) is 0 Å². The van der Waals surface area contributed by atoms with Gasteiger partial charge in [0.2, 0.25) is 5.88 Å². The van der Waals surface area contributed by atoms with Gasteiger partial charge in [-0.3, -0.25) is 0 Å². The zero-order chi connectivity index (χ0) is 15.9. The van der Waals surface area contributed by atoms with Gasteiger partial charge in [-0.2, -0.15) is 0 Å². The van der Waals surface area contributed by atoms with Gasteiger partial charge in [0.1, 0.15) is 15.9 Å². The molecule has 0 bridgehead atoms. The summed E-state index contributed by atoms with van der Waals surface area (Å²) in [5.41, 5.74) is 0.956. The second-order valence-electron chi connectivity index (χ2n) is 5.15. The Morgan fingerprint density at radius 2 is 2.14 bits per heavy atom. The number of anilines is 1. The van der Waals surface area contributed by atoms with Crippen LogP contribution in [-0.2, 0) is 6.54 Å². The minimum atomic E-state index is 0.432. The average molecular weight is 339 g/mol. The van der Waals surface area contributed by atoms with Crippen molar-refractivity contribution in [1.82, 2.24) is 15.2 Å². The van der Waals surface area contributed by atoms with Crippen molar-refractivity contribution in [3.63, 3.8) is 0 Å². The molecule has 0 saturated carbocycles. The van der Waals surface area contributed by atoms with Crippen molar-refractivity contribution < 1.29 is 4.74 Å². The highest BCUT2D eigenvalue weighted by Gasteiger charge is 2.06. The second kappa shape index (κ2) is 8.19. The standard InChI is InChI=1S/C15H19ClN4OS/c1-10(2)9-21-15-12(16)6-11(8-18-15)7-17-13-4-5-14(22-3)20-19-13/h4-6,8,10H,7,9H2,1-3H3,(H,17,19). The maximum atomic E-state index is 6.19. The Bertz CT molecular complexity index is 607. The van der Waals surface area contributed by atoms with E-state index in [0.717, 1.165) is 10.6 Å². The molecule has 0 amide bonds. The molecule has 0 fully saturated rings. The molecule has 0 atom stereocenters. The summed E-state index contributed by atoms with van der Waals surface area (Å²) in [7, 11) is 0. The Morgan fingerprint density at radius 3 is 2.73 bits per heavy atom. The van der Waals surface area contributed by atoms with Crippen LogP contribution in [0.4, 0.5) is 5.82 Å². The van der Waals surface area contributed by atoms with Gasteiger partial charge >= 0.3 is 0 Å². The third-order valence-electron chi connectivity index (χ3n) is 2.74. The Labute approximate surface area is 139 Å². The summed E-state index contributed by atoms with van der Waals surface area (Å²) < 4.78 is 5.55. The fourth-order valence-electron chi connectivity index (χ4n) is 1.63. The van der Waals surface area contributed by atoms with Crippen molar-refractivity contribution in [2.45, 2.75) is 25.4 Å². The normalized spacial score (nSPS) is 10.8. The fourth-order valence-corrected chi connectivity index (χ4v) is 2.20. The molecule has 0 radical (unpaired) electrons. The van der Waals surface area contributed by atoms with Crippen molar-refractivity contribution >= 4 is 29.2 Å². The zero-order valence-electron chi connectivity index (χ0n) is 12.8. The van der Waals surface area contributed by atoms with Gasteiger partial charge in [0.05, 0.1) is 6.61 Å². The molecule has 0 aliphatic rings. The van der Waals surface area contributed by atoms with E-state index in [-0.39, 0.29) is 0 Å². The van der Waals surface area contributed by atoms with Gasteiger partial charge in [-0.25, -0.2) is 4.98 Å². The van der Waals surface area contributed by atoms with Crippen LogP contribution in [0.25, 0.3) is 0 Å². The summed E-state index contributed by atoms with van der Waals surface area (Å²) >= 11 is 7.75. The number of pyridine rings is 1. The second-order valence-corrected chi connectivity index (χ2v) is 6.38. The molecule has 2 aromatic heterocycles. The van der Waals surface area contributed by atoms with Crippen molar-refractivity contribution in [2.75, 3.05) is 18.2 Å². The van der Waals surface area contributed by atoms with Crippen LogP contribution in [0, 0.1) is 5.92 Å². The molecule has 2 aromatic rings. The molecule has 1 N–H and O–H groups in total. The first-order valence-corrected chi connectivity index (χ1v) is 8.57. The lowest BCUT2D eigenvalue weighted by Crippen LogP contribution is -2.07. The van der Waals surface area contributed by atoms with Crippen molar-refractivity contribution in [2.24, 2.45) is 5.92 Å². The van der Waals surface area contributed by atoms with Crippen molar-refractivity contribution in [3.05, 3.63) is 35.0 Å². The maximum absolute atomic E-state index is 6.19. The highest BCUT2D eigenvalue weighted by atomic mass is 35.5. The lowest BCUT2D eigenvalue weighted by atomic mass is 10.2. The number of thioether (sulfide) groups is 1. The topological polar surface area (TPSA) is 59.9 Å². The number of hydrogen-bond acceptors (Lipinski definition) is 6. The molecule has 5 nitrogen and oxygen atoms in total. The van der Waals surface area contributed by atoms with E-state index in [1.54, 1.807) is 18.0 Å². The largest absolute Gasteiger partial charge is 0.476 e. The molecule has 0 saturated heterocycles. The van der Waals surface area contributed by atoms with E-state index in [1.807, 2.05) is 24.5 Å². The summed E-state index contributed by atoms with van der Waals surface area (Å²) in [4.78, 5) is 4.26. The number of nitrogens with zero attached hydrogens (tertiary/aromatic N) is 3. The number of ether oxygens (including phenoxy) is 1. The third-order valence-corrected chi connectivity index (χ3v) is 3.65. The highest BCUT2D eigenvalue weighted by Crippen LogP contribution is 2.23. The fraction of sp³-hybridized carbons (Fsp3) is 0.400. The predicted molar refractivity (Wildman–Crippen MR) is 90.7 cm³/mol. The Morgan fingerprint density at radius 1 is 1.32 bits per heavy atom. The van der Waals surface area contributed by atoms with E-state index < -0.39 is 0 Å². The van der Waals surface area contributed by atoms with E-state index in [0.29, 0.717) is 35.8 Å². The van der Waals surface area contributed by atoms with Crippen molar-refractivity contribution in [3.8, 4) is 5.88 Å².